The summed E-state index contributed by atoms with van der Waals surface area (Å²) in [6.45, 7) is 2.35. The molecule has 1 amide bonds. The number of benzene rings is 2. The molecule has 1 unspecified atom stereocenters. The molecular formula is C22H19NO3S. The van der Waals surface area contributed by atoms with Crippen LogP contribution in [0.15, 0.2) is 66.0 Å². The second-order valence-electron chi connectivity index (χ2n) is 6.77. The van der Waals surface area contributed by atoms with Crippen molar-refractivity contribution in [2.24, 2.45) is 0 Å². The van der Waals surface area contributed by atoms with E-state index in [1.54, 1.807) is 29.2 Å². The molecule has 0 spiro atoms. The Morgan fingerprint density at radius 2 is 1.81 bits per heavy atom. The number of rotatable bonds is 5. The highest BCUT2D eigenvalue weighted by atomic mass is 32.1. The maximum Gasteiger partial charge on any atom is 0.264 e. The zero-order chi connectivity index (χ0) is 19.0. The summed E-state index contributed by atoms with van der Waals surface area (Å²) in [7, 11) is 0. The van der Waals surface area contributed by atoms with E-state index in [0.29, 0.717) is 22.7 Å². The van der Waals surface area contributed by atoms with Crippen LogP contribution in [-0.2, 0) is 16.9 Å². The van der Waals surface area contributed by atoms with Crippen LogP contribution in [0.5, 0.6) is 0 Å². The highest BCUT2D eigenvalue weighted by molar-refractivity contribution is 7.12. The fraction of sp³-hybridized carbons (Fsp3) is 0.182. The first-order valence-corrected chi connectivity index (χ1v) is 9.64. The van der Waals surface area contributed by atoms with Crippen LogP contribution in [0.3, 0.4) is 0 Å². The SMILES string of the molecule is Cc1ccccc1CN1C(=O)C(O)(CC(=O)c2cccs2)c2ccccc21. The van der Waals surface area contributed by atoms with Gasteiger partial charge >= 0.3 is 0 Å². The number of thiophene rings is 1. The van der Waals surface area contributed by atoms with Crippen molar-refractivity contribution >= 4 is 28.7 Å². The van der Waals surface area contributed by atoms with Crippen molar-refractivity contribution in [1.29, 1.82) is 0 Å². The van der Waals surface area contributed by atoms with E-state index < -0.39 is 11.5 Å². The third-order valence-electron chi connectivity index (χ3n) is 5.04. The lowest BCUT2D eigenvalue weighted by molar-refractivity contribution is -0.136. The number of hydrogen-bond acceptors (Lipinski definition) is 4. The lowest BCUT2D eigenvalue weighted by Gasteiger charge is -2.23. The summed E-state index contributed by atoms with van der Waals surface area (Å²) in [5.41, 5.74) is 1.41. The molecule has 2 aromatic carbocycles. The molecule has 3 aromatic rings. The molecule has 27 heavy (non-hydrogen) atoms. The van der Waals surface area contributed by atoms with E-state index in [4.69, 9.17) is 0 Å². The van der Waals surface area contributed by atoms with E-state index in [2.05, 4.69) is 0 Å². The average Bonchev–Trinajstić information content (AvgIpc) is 3.27. The standard InChI is InChI=1S/C22H19NO3S/c1-15-7-2-3-8-16(15)14-23-18-10-5-4-9-17(18)22(26,21(23)25)13-19(24)20-11-6-12-27-20/h2-12,26H,13-14H2,1H3. The molecular weight excluding hydrogens is 358 g/mol. The molecule has 0 saturated carbocycles. The Kier molecular flexibility index (Phi) is 4.42. The first-order valence-electron chi connectivity index (χ1n) is 8.76. The second kappa shape index (κ2) is 6.76. The van der Waals surface area contributed by atoms with Crippen LogP contribution in [0.1, 0.15) is 32.8 Å². The van der Waals surface area contributed by atoms with Crippen molar-refractivity contribution in [2.75, 3.05) is 4.90 Å². The van der Waals surface area contributed by atoms with Crippen molar-refractivity contribution in [1.82, 2.24) is 0 Å². The second-order valence-corrected chi connectivity index (χ2v) is 7.72. The Bertz CT molecular complexity index is 1010. The summed E-state index contributed by atoms with van der Waals surface area (Å²) in [5.74, 6) is -0.676. The number of ketones is 1. The third-order valence-corrected chi connectivity index (χ3v) is 5.95. The van der Waals surface area contributed by atoms with Gasteiger partial charge in [-0.3, -0.25) is 9.59 Å². The predicted octanol–water partition coefficient (Wildman–Crippen LogP) is 4.06. The number of carbonyl (C=O) groups is 2. The first kappa shape index (κ1) is 17.6. The van der Waals surface area contributed by atoms with E-state index in [1.807, 2.05) is 48.7 Å². The van der Waals surface area contributed by atoms with Gasteiger partial charge in [0.05, 0.1) is 23.5 Å². The molecule has 0 fully saturated rings. The minimum Gasteiger partial charge on any atom is -0.375 e. The van der Waals surface area contributed by atoms with E-state index in [1.165, 1.54) is 11.3 Å². The van der Waals surface area contributed by atoms with Gasteiger partial charge in [-0.2, -0.15) is 0 Å². The van der Waals surface area contributed by atoms with Crippen molar-refractivity contribution in [3.8, 4) is 0 Å². The minimum absolute atomic E-state index is 0.228. The molecule has 136 valence electrons. The van der Waals surface area contributed by atoms with Crippen LogP contribution in [0.4, 0.5) is 5.69 Å². The Morgan fingerprint density at radius 1 is 1.07 bits per heavy atom. The van der Waals surface area contributed by atoms with E-state index in [9.17, 15) is 14.7 Å². The molecule has 0 saturated heterocycles. The quantitative estimate of drug-likeness (QED) is 0.682. The number of aliphatic hydroxyl groups is 1. The van der Waals surface area contributed by atoms with E-state index in [0.717, 1.165) is 11.1 Å². The van der Waals surface area contributed by atoms with Gasteiger partial charge in [0.15, 0.2) is 11.4 Å². The number of anilines is 1. The Labute approximate surface area is 161 Å². The molecule has 4 nitrogen and oxygen atoms in total. The van der Waals surface area contributed by atoms with Gasteiger partial charge in [0.1, 0.15) is 0 Å². The predicted molar refractivity (Wildman–Crippen MR) is 106 cm³/mol. The van der Waals surface area contributed by atoms with Crippen molar-refractivity contribution < 1.29 is 14.7 Å². The minimum atomic E-state index is -1.83. The van der Waals surface area contributed by atoms with Gasteiger partial charge in [0.2, 0.25) is 0 Å². The zero-order valence-corrected chi connectivity index (χ0v) is 15.7. The molecule has 0 aliphatic carbocycles. The van der Waals surface area contributed by atoms with Gasteiger partial charge < -0.3 is 10.0 Å². The number of nitrogens with zero attached hydrogens (tertiary/aromatic N) is 1. The Morgan fingerprint density at radius 3 is 2.56 bits per heavy atom. The summed E-state index contributed by atoms with van der Waals surface area (Å²) >= 11 is 1.32. The summed E-state index contributed by atoms with van der Waals surface area (Å²) in [6, 6.07) is 18.5. The van der Waals surface area contributed by atoms with Crippen LogP contribution in [0, 0.1) is 6.92 Å². The summed E-state index contributed by atoms with van der Waals surface area (Å²) in [4.78, 5) is 28.0. The summed E-state index contributed by atoms with van der Waals surface area (Å²) < 4.78 is 0. The lowest BCUT2D eigenvalue weighted by Crippen LogP contribution is -2.41. The van der Waals surface area contributed by atoms with Gasteiger partial charge in [0, 0.05) is 5.56 Å². The van der Waals surface area contributed by atoms with E-state index in [-0.39, 0.29) is 12.2 Å². The number of para-hydroxylation sites is 1. The van der Waals surface area contributed by atoms with Gasteiger partial charge in [-0.15, -0.1) is 11.3 Å². The van der Waals surface area contributed by atoms with Gasteiger partial charge in [-0.25, -0.2) is 0 Å². The molecule has 5 heteroatoms. The fourth-order valence-electron chi connectivity index (χ4n) is 3.55. The molecule has 0 radical (unpaired) electrons. The molecule has 1 aromatic heterocycles. The van der Waals surface area contributed by atoms with Crippen LogP contribution >= 0.6 is 11.3 Å². The molecule has 4 rings (SSSR count). The summed E-state index contributed by atoms with van der Waals surface area (Å²) in [5, 5.41) is 13.1. The van der Waals surface area contributed by atoms with Crippen molar-refractivity contribution in [2.45, 2.75) is 25.5 Å². The molecule has 1 atom stereocenters. The number of Topliss-reactive ketones (excluding diaryl/α,β-unsaturated/α-hetero) is 1. The lowest BCUT2D eigenvalue weighted by atomic mass is 9.89. The number of carbonyl (C=O) groups excluding carboxylic acids is 2. The van der Waals surface area contributed by atoms with Crippen LogP contribution in [-0.4, -0.2) is 16.8 Å². The van der Waals surface area contributed by atoms with Crippen LogP contribution in [0.2, 0.25) is 0 Å². The number of fused-ring (bicyclic) bond motifs is 1. The first-order chi connectivity index (χ1) is 13.0. The molecule has 2 heterocycles. The topological polar surface area (TPSA) is 57.6 Å². The third kappa shape index (κ3) is 2.99. The number of aryl methyl sites for hydroxylation is 1. The van der Waals surface area contributed by atoms with Gasteiger partial charge in [-0.1, -0.05) is 48.5 Å². The normalized spacial score (nSPS) is 18.6. The van der Waals surface area contributed by atoms with Gasteiger partial charge in [0.25, 0.3) is 5.91 Å². The smallest absolute Gasteiger partial charge is 0.264 e. The van der Waals surface area contributed by atoms with Gasteiger partial charge in [-0.05, 0) is 35.6 Å². The van der Waals surface area contributed by atoms with Crippen LogP contribution in [0.25, 0.3) is 0 Å². The molecule has 0 bridgehead atoms. The van der Waals surface area contributed by atoms with Crippen molar-refractivity contribution in [3.63, 3.8) is 0 Å². The number of amides is 1. The van der Waals surface area contributed by atoms with Crippen molar-refractivity contribution in [3.05, 3.63) is 87.6 Å². The molecule has 1 aliphatic rings. The fourth-order valence-corrected chi connectivity index (χ4v) is 4.21. The number of hydrogen-bond donors (Lipinski definition) is 1. The maximum atomic E-state index is 13.2. The Balaban J connectivity index is 1.71. The zero-order valence-electron chi connectivity index (χ0n) is 14.9. The highest BCUT2D eigenvalue weighted by Gasteiger charge is 2.50. The highest BCUT2D eigenvalue weighted by Crippen LogP contribution is 2.43. The van der Waals surface area contributed by atoms with Crippen LogP contribution < -0.4 is 4.90 Å². The Hall–Kier alpha value is -2.76. The molecule has 1 aliphatic heterocycles. The average molecular weight is 377 g/mol. The van der Waals surface area contributed by atoms with E-state index >= 15 is 0 Å². The monoisotopic (exact) mass is 377 g/mol. The maximum absolute atomic E-state index is 13.2. The largest absolute Gasteiger partial charge is 0.375 e. The summed E-state index contributed by atoms with van der Waals surface area (Å²) in [6.07, 6.45) is -0.256. The molecule has 1 N–H and O–H groups in total.